The molecule has 0 saturated carbocycles. The van der Waals surface area contributed by atoms with Crippen LogP contribution in [0.5, 0.6) is 5.75 Å². The molecule has 0 spiro atoms. The van der Waals surface area contributed by atoms with Gasteiger partial charge in [0.1, 0.15) is 12.1 Å². The fraction of sp³-hybridized carbons (Fsp3) is 0.160. The predicted octanol–water partition coefficient (Wildman–Crippen LogP) is 3.97. The fourth-order valence-electron chi connectivity index (χ4n) is 3.60. The highest BCUT2D eigenvalue weighted by Crippen LogP contribution is 2.22. The molecule has 0 aliphatic heterocycles. The maximum absolute atomic E-state index is 12.9. The molecule has 4 rings (SSSR count). The maximum Gasteiger partial charge on any atom is 0.265 e. The molecule has 6 nitrogen and oxygen atoms in total. The van der Waals surface area contributed by atoms with Crippen LogP contribution in [0.3, 0.4) is 0 Å². The molecule has 0 aliphatic carbocycles. The van der Waals surface area contributed by atoms with Gasteiger partial charge in [-0.2, -0.15) is 0 Å². The van der Waals surface area contributed by atoms with Crippen molar-refractivity contribution < 1.29 is 9.53 Å². The Morgan fingerprint density at radius 1 is 1.06 bits per heavy atom. The third-order valence-corrected chi connectivity index (χ3v) is 5.25. The molecule has 1 aromatic heterocycles. The highest BCUT2D eigenvalue weighted by Gasteiger charge is 2.15. The molecular formula is C25H23N3O3. The van der Waals surface area contributed by atoms with Crippen molar-refractivity contribution in [3.8, 4) is 11.4 Å². The number of aromatic nitrogens is 2. The largest absolute Gasteiger partial charge is 0.496 e. The van der Waals surface area contributed by atoms with E-state index in [1.165, 1.54) is 10.9 Å². The normalized spacial score (nSPS) is 10.8. The number of hydrogen-bond donors (Lipinski definition) is 0. The molecule has 0 radical (unpaired) electrons. The lowest BCUT2D eigenvalue weighted by molar-refractivity contribution is 0.0784. The second kappa shape index (κ2) is 8.44. The number of hydrogen-bond acceptors (Lipinski definition) is 4. The van der Waals surface area contributed by atoms with Crippen LogP contribution < -0.4 is 10.3 Å². The van der Waals surface area contributed by atoms with Gasteiger partial charge in [-0.1, -0.05) is 29.8 Å². The van der Waals surface area contributed by atoms with E-state index in [1.54, 1.807) is 49.4 Å². The number of para-hydroxylation sites is 1. The Labute approximate surface area is 180 Å². The first kappa shape index (κ1) is 20.3. The average molecular weight is 413 g/mol. The SMILES string of the molecule is COc1ccc(C)cc1CN(C)C(=O)c1ccc(-n2cnc3ccccc3c2=O)cc1. The van der Waals surface area contributed by atoms with Crippen LogP contribution in [0.15, 0.2) is 77.9 Å². The molecule has 156 valence electrons. The van der Waals surface area contributed by atoms with Gasteiger partial charge in [0, 0.05) is 24.7 Å². The number of carbonyl (C=O) groups excluding carboxylic acids is 1. The first-order chi connectivity index (χ1) is 15.0. The van der Waals surface area contributed by atoms with Gasteiger partial charge < -0.3 is 9.64 Å². The second-order valence-corrected chi connectivity index (χ2v) is 7.46. The molecule has 3 aromatic carbocycles. The van der Waals surface area contributed by atoms with Crippen LogP contribution in [-0.2, 0) is 6.54 Å². The molecule has 31 heavy (non-hydrogen) atoms. The summed E-state index contributed by atoms with van der Waals surface area (Å²) in [6, 6.07) is 20.1. The van der Waals surface area contributed by atoms with Crippen LogP contribution in [0.4, 0.5) is 0 Å². The van der Waals surface area contributed by atoms with Crippen molar-refractivity contribution in [2.75, 3.05) is 14.2 Å². The molecule has 0 atom stereocenters. The Morgan fingerprint density at radius 3 is 2.55 bits per heavy atom. The molecule has 6 heteroatoms. The number of nitrogens with zero attached hydrogens (tertiary/aromatic N) is 3. The monoisotopic (exact) mass is 413 g/mol. The number of rotatable bonds is 5. The molecule has 0 unspecified atom stereocenters. The lowest BCUT2D eigenvalue weighted by atomic mass is 10.1. The summed E-state index contributed by atoms with van der Waals surface area (Å²) in [6.45, 7) is 2.44. The Bertz CT molecular complexity index is 1310. The Morgan fingerprint density at radius 2 is 1.81 bits per heavy atom. The number of benzene rings is 3. The third kappa shape index (κ3) is 4.05. The van der Waals surface area contributed by atoms with Crippen LogP contribution in [0.1, 0.15) is 21.5 Å². The van der Waals surface area contributed by atoms with E-state index in [2.05, 4.69) is 4.98 Å². The summed E-state index contributed by atoms with van der Waals surface area (Å²) in [5, 5.41) is 0.553. The number of methoxy groups -OCH3 is 1. The number of ether oxygens (including phenoxy) is 1. The number of amides is 1. The molecule has 0 aliphatic rings. The van der Waals surface area contributed by atoms with E-state index in [-0.39, 0.29) is 11.5 Å². The zero-order valence-corrected chi connectivity index (χ0v) is 17.7. The van der Waals surface area contributed by atoms with Crippen molar-refractivity contribution in [2.45, 2.75) is 13.5 Å². The summed E-state index contributed by atoms with van der Waals surface area (Å²) in [4.78, 5) is 31.7. The van der Waals surface area contributed by atoms with Crippen molar-refractivity contribution in [3.05, 3.63) is 100 Å². The van der Waals surface area contributed by atoms with Crippen LogP contribution in [-0.4, -0.2) is 34.5 Å². The van der Waals surface area contributed by atoms with Gasteiger partial charge >= 0.3 is 0 Å². The van der Waals surface area contributed by atoms with E-state index in [4.69, 9.17) is 4.74 Å². The van der Waals surface area contributed by atoms with Crippen LogP contribution in [0, 0.1) is 6.92 Å². The van der Waals surface area contributed by atoms with E-state index in [9.17, 15) is 9.59 Å². The van der Waals surface area contributed by atoms with Crippen LogP contribution in [0.25, 0.3) is 16.6 Å². The van der Waals surface area contributed by atoms with E-state index < -0.39 is 0 Å². The Balaban J connectivity index is 1.57. The number of aryl methyl sites for hydroxylation is 1. The summed E-state index contributed by atoms with van der Waals surface area (Å²) in [6.07, 6.45) is 1.51. The Hall–Kier alpha value is -3.93. The van der Waals surface area contributed by atoms with Crippen molar-refractivity contribution in [2.24, 2.45) is 0 Å². The summed E-state index contributed by atoms with van der Waals surface area (Å²) in [5.74, 6) is 0.642. The highest BCUT2D eigenvalue weighted by atomic mass is 16.5. The van der Waals surface area contributed by atoms with Gasteiger partial charge in [0.2, 0.25) is 0 Å². The van der Waals surface area contributed by atoms with Gasteiger partial charge in [0.25, 0.3) is 11.5 Å². The molecule has 0 N–H and O–H groups in total. The van der Waals surface area contributed by atoms with Crippen molar-refractivity contribution in [3.63, 3.8) is 0 Å². The van der Waals surface area contributed by atoms with Gasteiger partial charge in [0.15, 0.2) is 0 Å². The van der Waals surface area contributed by atoms with E-state index in [0.717, 1.165) is 16.9 Å². The molecule has 1 heterocycles. The van der Waals surface area contributed by atoms with Crippen molar-refractivity contribution in [1.82, 2.24) is 14.5 Å². The average Bonchev–Trinajstić information content (AvgIpc) is 2.79. The summed E-state index contributed by atoms with van der Waals surface area (Å²) in [7, 11) is 3.38. The minimum atomic E-state index is -0.145. The summed E-state index contributed by atoms with van der Waals surface area (Å²) < 4.78 is 6.90. The van der Waals surface area contributed by atoms with Crippen LogP contribution >= 0.6 is 0 Å². The predicted molar refractivity (Wildman–Crippen MR) is 121 cm³/mol. The second-order valence-electron chi connectivity index (χ2n) is 7.46. The van der Waals surface area contributed by atoms with E-state index in [1.807, 2.05) is 43.3 Å². The topological polar surface area (TPSA) is 64.4 Å². The summed E-state index contributed by atoms with van der Waals surface area (Å²) >= 11 is 0. The van der Waals surface area contributed by atoms with E-state index >= 15 is 0 Å². The number of fused-ring (bicyclic) bond motifs is 1. The van der Waals surface area contributed by atoms with Gasteiger partial charge in [-0.25, -0.2) is 4.98 Å². The Kier molecular flexibility index (Phi) is 5.54. The van der Waals surface area contributed by atoms with Crippen molar-refractivity contribution in [1.29, 1.82) is 0 Å². The quantitative estimate of drug-likeness (QED) is 0.497. The molecule has 0 saturated heterocycles. The van der Waals surface area contributed by atoms with Gasteiger partial charge in [-0.05, 0) is 49.4 Å². The molecular weight excluding hydrogens is 390 g/mol. The van der Waals surface area contributed by atoms with Crippen molar-refractivity contribution >= 4 is 16.8 Å². The van der Waals surface area contributed by atoms with Crippen LogP contribution in [0.2, 0.25) is 0 Å². The van der Waals surface area contributed by atoms with Gasteiger partial charge in [0.05, 0.1) is 23.7 Å². The number of carbonyl (C=O) groups is 1. The molecule has 4 aromatic rings. The first-order valence-corrected chi connectivity index (χ1v) is 9.94. The minimum absolute atomic E-state index is 0.112. The van der Waals surface area contributed by atoms with E-state index in [0.29, 0.717) is 28.7 Å². The first-order valence-electron chi connectivity index (χ1n) is 9.94. The zero-order chi connectivity index (χ0) is 22.0. The molecule has 0 bridgehead atoms. The lowest BCUT2D eigenvalue weighted by Crippen LogP contribution is -2.26. The smallest absolute Gasteiger partial charge is 0.265 e. The summed E-state index contributed by atoms with van der Waals surface area (Å²) in [5.41, 5.74) is 3.76. The fourth-order valence-corrected chi connectivity index (χ4v) is 3.60. The highest BCUT2D eigenvalue weighted by molar-refractivity contribution is 5.94. The van der Waals surface area contributed by atoms with Gasteiger partial charge in [-0.15, -0.1) is 0 Å². The van der Waals surface area contributed by atoms with Gasteiger partial charge in [-0.3, -0.25) is 14.2 Å². The molecule has 0 fully saturated rings. The maximum atomic E-state index is 12.9. The zero-order valence-electron chi connectivity index (χ0n) is 17.7. The minimum Gasteiger partial charge on any atom is -0.496 e. The molecule has 1 amide bonds. The standard InChI is InChI=1S/C25H23N3O3/c1-17-8-13-23(31-3)19(14-17)15-27(2)24(29)18-9-11-20(12-10-18)28-16-26-22-7-5-4-6-21(22)25(28)30/h4-14,16H,15H2,1-3H3. The lowest BCUT2D eigenvalue weighted by Gasteiger charge is -2.19. The third-order valence-electron chi connectivity index (χ3n) is 5.25.